The highest BCUT2D eigenvalue weighted by atomic mass is 79.9. The van der Waals surface area contributed by atoms with Gasteiger partial charge in [-0.05, 0) is 48.8 Å². The fourth-order valence-electron chi connectivity index (χ4n) is 2.66. The lowest BCUT2D eigenvalue weighted by Gasteiger charge is -2.40. The molecule has 0 atom stereocenters. The average molecular weight is 344 g/mol. The minimum atomic E-state index is -0.595. The van der Waals surface area contributed by atoms with Crippen LogP contribution in [-0.2, 0) is 6.54 Å². The van der Waals surface area contributed by atoms with Crippen LogP contribution < -0.4 is 5.32 Å². The predicted octanol–water partition coefficient (Wildman–Crippen LogP) is 4.01. The van der Waals surface area contributed by atoms with Gasteiger partial charge in [0, 0.05) is 17.6 Å². The maximum absolute atomic E-state index is 13.0. The Morgan fingerprint density at radius 3 is 2.50 bits per heavy atom. The number of halogens is 2. The lowest BCUT2D eigenvalue weighted by atomic mass is 9.71. The number of aliphatic hydroxyl groups is 1. The van der Waals surface area contributed by atoms with Gasteiger partial charge in [0.2, 0.25) is 0 Å². The molecule has 112 valence electrons. The van der Waals surface area contributed by atoms with Crippen molar-refractivity contribution in [2.24, 2.45) is 5.41 Å². The summed E-state index contributed by atoms with van der Waals surface area (Å²) in [6, 6.07) is 4.69. The van der Waals surface area contributed by atoms with Crippen molar-refractivity contribution in [3.05, 3.63) is 34.1 Å². The van der Waals surface area contributed by atoms with E-state index in [2.05, 4.69) is 35.1 Å². The zero-order valence-corrected chi connectivity index (χ0v) is 13.8. The fourth-order valence-corrected chi connectivity index (χ4v) is 3.15. The van der Waals surface area contributed by atoms with Crippen LogP contribution in [0, 0.1) is 11.2 Å². The van der Waals surface area contributed by atoms with Gasteiger partial charge in [-0.2, -0.15) is 0 Å². The molecule has 2 N–H and O–H groups in total. The van der Waals surface area contributed by atoms with Crippen LogP contribution in [-0.4, -0.2) is 17.3 Å². The van der Waals surface area contributed by atoms with E-state index < -0.39 is 5.60 Å². The van der Waals surface area contributed by atoms with Crippen molar-refractivity contribution in [2.45, 2.75) is 51.7 Å². The molecule has 0 unspecified atom stereocenters. The van der Waals surface area contributed by atoms with E-state index in [1.165, 1.54) is 12.1 Å². The van der Waals surface area contributed by atoms with Crippen LogP contribution in [0.2, 0.25) is 0 Å². The van der Waals surface area contributed by atoms with Gasteiger partial charge in [0.05, 0.1) is 5.60 Å². The van der Waals surface area contributed by atoms with Crippen molar-refractivity contribution >= 4 is 15.9 Å². The van der Waals surface area contributed by atoms with Crippen LogP contribution >= 0.6 is 15.9 Å². The zero-order valence-electron chi connectivity index (χ0n) is 12.2. The highest BCUT2D eigenvalue weighted by Crippen LogP contribution is 2.39. The minimum Gasteiger partial charge on any atom is -0.389 e. The van der Waals surface area contributed by atoms with Crippen LogP contribution in [0.5, 0.6) is 0 Å². The van der Waals surface area contributed by atoms with Gasteiger partial charge in [-0.15, -0.1) is 0 Å². The van der Waals surface area contributed by atoms with Crippen LogP contribution in [0.1, 0.15) is 45.1 Å². The van der Waals surface area contributed by atoms with Gasteiger partial charge in [0.1, 0.15) is 5.82 Å². The second kappa shape index (κ2) is 6.12. The lowest BCUT2D eigenvalue weighted by molar-refractivity contribution is -0.0245. The van der Waals surface area contributed by atoms with E-state index in [-0.39, 0.29) is 5.82 Å². The van der Waals surface area contributed by atoms with Crippen molar-refractivity contribution in [1.82, 2.24) is 5.32 Å². The first kappa shape index (κ1) is 15.9. The van der Waals surface area contributed by atoms with Gasteiger partial charge in [-0.1, -0.05) is 35.8 Å². The molecule has 1 aliphatic rings. The molecule has 1 saturated carbocycles. The van der Waals surface area contributed by atoms with Crippen LogP contribution in [0.15, 0.2) is 22.7 Å². The Labute approximate surface area is 128 Å². The number of hydrogen-bond acceptors (Lipinski definition) is 2. The maximum Gasteiger partial charge on any atom is 0.124 e. The Hall–Kier alpha value is -0.450. The highest BCUT2D eigenvalue weighted by molar-refractivity contribution is 9.10. The van der Waals surface area contributed by atoms with E-state index in [4.69, 9.17) is 0 Å². The number of rotatable bonds is 4. The van der Waals surface area contributed by atoms with Gasteiger partial charge in [0.15, 0.2) is 0 Å². The molecular weight excluding hydrogens is 321 g/mol. The van der Waals surface area contributed by atoms with Crippen LogP contribution in [0.4, 0.5) is 4.39 Å². The summed E-state index contributed by atoms with van der Waals surface area (Å²) in [6.45, 7) is 5.74. The summed E-state index contributed by atoms with van der Waals surface area (Å²) in [4.78, 5) is 0. The lowest BCUT2D eigenvalue weighted by Crippen LogP contribution is -2.44. The first-order chi connectivity index (χ1) is 9.30. The molecule has 0 saturated heterocycles. The summed E-state index contributed by atoms with van der Waals surface area (Å²) in [5.74, 6) is -0.242. The molecule has 0 spiro atoms. The summed E-state index contributed by atoms with van der Waals surface area (Å²) < 4.78 is 13.8. The number of nitrogens with one attached hydrogen (secondary N) is 1. The standard InChI is InChI=1S/C16H23BrFNO/c1-15(2)5-7-16(20,8-6-15)11-19-10-12-3-4-13(18)9-14(12)17/h3-4,9,19-20H,5-8,10-11H2,1-2H3. The van der Waals surface area contributed by atoms with E-state index in [1.54, 1.807) is 6.07 Å². The smallest absolute Gasteiger partial charge is 0.124 e. The third-order valence-corrected chi connectivity index (χ3v) is 5.06. The van der Waals surface area contributed by atoms with Crippen molar-refractivity contribution in [3.63, 3.8) is 0 Å². The molecule has 2 rings (SSSR count). The van der Waals surface area contributed by atoms with E-state index in [0.29, 0.717) is 18.5 Å². The normalized spacial score (nSPS) is 20.9. The summed E-state index contributed by atoms with van der Waals surface area (Å²) in [5, 5.41) is 13.9. The molecule has 0 aliphatic heterocycles. The predicted molar refractivity (Wildman–Crippen MR) is 83.0 cm³/mol. The average Bonchev–Trinajstić information content (AvgIpc) is 2.37. The Morgan fingerprint density at radius 1 is 1.25 bits per heavy atom. The summed E-state index contributed by atoms with van der Waals surface area (Å²) in [6.07, 6.45) is 3.81. The second-order valence-corrected chi connectivity index (χ2v) is 7.58. The van der Waals surface area contributed by atoms with Crippen molar-refractivity contribution in [1.29, 1.82) is 0 Å². The van der Waals surface area contributed by atoms with Crippen molar-refractivity contribution in [3.8, 4) is 0 Å². The topological polar surface area (TPSA) is 32.3 Å². The van der Waals surface area contributed by atoms with Gasteiger partial charge in [-0.25, -0.2) is 4.39 Å². The van der Waals surface area contributed by atoms with E-state index in [9.17, 15) is 9.50 Å². The molecule has 0 heterocycles. The maximum atomic E-state index is 13.0. The van der Waals surface area contributed by atoms with E-state index >= 15 is 0 Å². The first-order valence-corrected chi connectivity index (χ1v) is 7.96. The highest BCUT2D eigenvalue weighted by Gasteiger charge is 2.36. The van der Waals surface area contributed by atoms with E-state index in [1.807, 2.05) is 0 Å². The molecule has 1 aliphatic carbocycles. The molecule has 0 aromatic heterocycles. The van der Waals surface area contributed by atoms with Gasteiger partial charge >= 0.3 is 0 Å². The van der Waals surface area contributed by atoms with Crippen LogP contribution in [0.25, 0.3) is 0 Å². The molecule has 1 aromatic rings. The molecule has 20 heavy (non-hydrogen) atoms. The second-order valence-electron chi connectivity index (χ2n) is 6.73. The van der Waals surface area contributed by atoms with Crippen LogP contribution in [0.3, 0.4) is 0 Å². The molecule has 1 aromatic carbocycles. The molecule has 0 amide bonds. The summed E-state index contributed by atoms with van der Waals surface area (Å²) in [7, 11) is 0. The largest absolute Gasteiger partial charge is 0.389 e. The van der Waals surface area contributed by atoms with Gasteiger partial charge in [-0.3, -0.25) is 0 Å². The Kier molecular flexibility index (Phi) is 4.88. The number of hydrogen-bond donors (Lipinski definition) is 2. The third kappa shape index (κ3) is 4.27. The fraction of sp³-hybridized carbons (Fsp3) is 0.625. The molecule has 0 bridgehead atoms. The third-order valence-electron chi connectivity index (χ3n) is 4.32. The molecule has 2 nitrogen and oxygen atoms in total. The quantitative estimate of drug-likeness (QED) is 0.865. The molecule has 1 fully saturated rings. The van der Waals surface area contributed by atoms with E-state index in [0.717, 1.165) is 35.7 Å². The zero-order chi connectivity index (χ0) is 14.8. The van der Waals surface area contributed by atoms with Crippen molar-refractivity contribution in [2.75, 3.05) is 6.54 Å². The van der Waals surface area contributed by atoms with Gasteiger partial charge in [0.25, 0.3) is 0 Å². The number of benzene rings is 1. The first-order valence-electron chi connectivity index (χ1n) is 7.17. The molecule has 4 heteroatoms. The Morgan fingerprint density at radius 2 is 1.90 bits per heavy atom. The molecule has 0 radical (unpaired) electrons. The summed E-state index contributed by atoms with van der Waals surface area (Å²) in [5.41, 5.74) is 0.764. The SMILES string of the molecule is CC1(C)CCC(O)(CNCc2ccc(F)cc2Br)CC1. The Bertz CT molecular complexity index is 466. The van der Waals surface area contributed by atoms with Gasteiger partial charge < -0.3 is 10.4 Å². The van der Waals surface area contributed by atoms with Crippen molar-refractivity contribution < 1.29 is 9.50 Å². The minimum absolute atomic E-state index is 0.242. The summed E-state index contributed by atoms with van der Waals surface area (Å²) >= 11 is 3.36. The molecular formula is C16H23BrFNO. The Balaban J connectivity index is 1.84. The monoisotopic (exact) mass is 343 g/mol.